The van der Waals surface area contributed by atoms with Crippen LogP contribution >= 0.6 is 23.2 Å². The first-order valence-electron chi connectivity index (χ1n) is 11.4. The van der Waals surface area contributed by atoms with E-state index in [-0.39, 0.29) is 12.1 Å². The molecule has 0 radical (unpaired) electrons. The zero-order valence-corrected chi connectivity index (χ0v) is 20.3. The molecule has 2 atom stereocenters. The van der Waals surface area contributed by atoms with E-state index in [0.29, 0.717) is 16.7 Å². The van der Waals surface area contributed by atoms with Crippen LogP contribution in [0.2, 0.25) is 10.0 Å². The zero-order chi connectivity index (χ0) is 22.7. The minimum atomic E-state index is 0.0363. The maximum absolute atomic E-state index is 6.51. The highest BCUT2D eigenvalue weighted by Gasteiger charge is 2.31. The number of fused-ring (bicyclic) bond motifs is 1. The van der Waals surface area contributed by atoms with Crippen LogP contribution in [0.1, 0.15) is 55.7 Å². The third kappa shape index (κ3) is 4.63. The van der Waals surface area contributed by atoms with Crippen LogP contribution in [0.3, 0.4) is 0 Å². The van der Waals surface area contributed by atoms with Crippen molar-refractivity contribution in [3.8, 4) is 11.3 Å². The van der Waals surface area contributed by atoms with Crippen LogP contribution in [0.25, 0.3) is 11.3 Å². The summed E-state index contributed by atoms with van der Waals surface area (Å²) in [5.74, 6) is 0.824. The van der Waals surface area contributed by atoms with E-state index < -0.39 is 0 Å². The molecule has 1 aliphatic carbocycles. The largest absolute Gasteiger partial charge is 0.376 e. The van der Waals surface area contributed by atoms with E-state index >= 15 is 0 Å². The molecule has 1 aliphatic rings. The summed E-state index contributed by atoms with van der Waals surface area (Å²) in [6.45, 7) is 6.93. The van der Waals surface area contributed by atoms with Crippen LogP contribution in [-0.2, 0) is 24.0 Å². The Labute approximate surface area is 200 Å². The number of rotatable bonds is 7. The standard InChI is InChI=1S/C26H29Cl2N3O/c1-4-21-24(19-13-12-17(27)15-20(19)28)29-22(5-2)26(30-21)31-25-18-10-8-7-9-16(18)11-14-23(25)32-6-3/h7-10,12-13,15,23,25H,4-6,11,14H2,1-3H3,(H,30,31)/t23-,25+/m1/s1. The van der Waals surface area contributed by atoms with Gasteiger partial charge in [0.1, 0.15) is 5.82 Å². The molecule has 32 heavy (non-hydrogen) atoms. The van der Waals surface area contributed by atoms with Crippen molar-refractivity contribution in [1.29, 1.82) is 0 Å². The fourth-order valence-electron chi connectivity index (χ4n) is 4.45. The number of aromatic nitrogens is 2. The molecule has 3 aromatic rings. The molecular weight excluding hydrogens is 441 g/mol. The highest BCUT2D eigenvalue weighted by Crippen LogP contribution is 2.37. The predicted octanol–water partition coefficient (Wildman–Crippen LogP) is 7.08. The summed E-state index contributed by atoms with van der Waals surface area (Å²) >= 11 is 12.6. The Kier molecular flexibility index (Phi) is 7.34. The molecule has 1 heterocycles. The average molecular weight is 470 g/mol. The first kappa shape index (κ1) is 23.0. The van der Waals surface area contributed by atoms with Crippen LogP contribution in [0.5, 0.6) is 0 Å². The van der Waals surface area contributed by atoms with Crippen LogP contribution < -0.4 is 5.32 Å². The van der Waals surface area contributed by atoms with Gasteiger partial charge in [0, 0.05) is 17.2 Å². The summed E-state index contributed by atoms with van der Waals surface area (Å²) in [4.78, 5) is 10.1. The van der Waals surface area contributed by atoms with E-state index in [4.69, 9.17) is 37.9 Å². The molecule has 0 fully saturated rings. The molecule has 0 saturated heterocycles. The zero-order valence-electron chi connectivity index (χ0n) is 18.8. The van der Waals surface area contributed by atoms with Gasteiger partial charge in [-0.05, 0) is 61.9 Å². The minimum Gasteiger partial charge on any atom is -0.376 e. The predicted molar refractivity (Wildman–Crippen MR) is 133 cm³/mol. The summed E-state index contributed by atoms with van der Waals surface area (Å²) in [6, 6.07) is 14.2. The maximum Gasteiger partial charge on any atom is 0.148 e. The van der Waals surface area contributed by atoms with E-state index in [1.54, 1.807) is 6.07 Å². The van der Waals surface area contributed by atoms with Crippen molar-refractivity contribution in [3.05, 3.63) is 75.0 Å². The molecule has 0 aliphatic heterocycles. The molecule has 0 amide bonds. The number of benzene rings is 2. The van der Waals surface area contributed by atoms with Gasteiger partial charge in [-0.15, -0.1) is 0 Å². The number of ether oxygens (including phenoxy) is 1. The van der Waals surface area contributed by atoms with Gasteiger partial charge < -0.3 is 10.1 Å². The molecule has 4 nitrogen and oxygen atoms in total. The Hall–Kier alpha value is -2.14. The first-order valence-corrected chi connectivity index (χ1v) is 12.1. The lowest BCUT2D eigenvalue weighted by Gasteiger charge is -2.34. The molecule has 2 aromatic carbocycles. The quantitative estimate of drug-likeness (QED) is 0.401. The highest BCUT2D eigenvalue weighted by atomic mass is 35.5. The van der Waals surface area contributed by atoms with Crippen molar-refractivity contribution in [2.75, 3.05) is 11.9 Å². The van der Waals surface area contributed by atoms with E-state index in [1.165, 1.54) is 11.1 Å². The Morgan fingerprint density at radius 3 is 2.50 bits per heavy atom. The number of hydrogen-bond donors (Lipinski definition) is 1. The number of nitrogens with zero attached hydrogens (tertiary/aromatic N) is 2. The molecule has 1 aromatic heterocycles. The minimum absolute atomic E-state index is 0.0363. The van der Waals surface area contributed by atoms with E-state index in [9.17, 15) is 0 Å². The lowest BCUT2D eigenvalue weighted by molar-refractivity contribution is 0.0383. The van der Waals surface area contributed by atoms with Crippen LogP contribution in [0.4, 0.5) is 5.82 Å². The van der Waals surface area contributed by atoms with Crippen molar-refractivity contribution >= 4 is 29.0 Å². The normalized spacial score (nSPS) is 17.8. The van der Waals surface area contributed by atoms with E-state index in [0.717, 1.165) is 54.1 Å². The van der Waals surface area contributed by atoms with Gasteiger partial charge in [0.15, 0.2) is 0 Å². The van der Waals surface area contributed by atoms with Crippen molar-refractivity contribution in [1.82, 2.24) is 9.97 Å². The van der Waals surface area contributed by atoms with Crippen LogP contribution in [0, 0.1) is 0 Å². The summed E-state index contributed by atoms with van der Waals surface area (Å²) in [6.07, 6.45) is 3.61. The summed E-state index contributed by atoms with van der Waals surface area (Å²) in [5.41, 5.74) is 6.16. The third-order valence-corrected chi connectivity index (χ3v) is 6.58. The van der Waals surface area contributed by atoms with E-state index in [1.807, 2.05) is 12.1 Å². The topological polar surface area (TPSA) is 47.0 Å². The van der Waals surface area contributed by atoms with Gasteiger partial charge >= 0.3 is 0 Å². The number of hydrogen-bond acceptors (Lipinski definition) is 4. The summed E-state index contributed by atoms with van der Waals surface area (Å²) in [7, 11) is 0. The number of anilines is 1. The van der Waals surface area contributed by atoms with Crippen molar-refractivity contribution in [3.63, 3.8) is 0 Å². The summed E-state index contributed by atoms with van der Waals surface area (Å²) in [5, 5.41) is 4.91. The lowest BCUT2D eigenvalue weighted by Crippen LogP contribution is -2.34. The fourth-order valence-corrected chi connectivity index (χ4v) is 4.95. The average Bonchev–Trinajstić information content (AvgIpc) is 2.80. The molecule has 0 bridgehead atoms. The van der Waals surface area contributed by atoms with Gasteiger partial charge in [-0.25, -0.2) is 9.97 Å². The van der Waals surface area contributed by atoms with Gasteiger partial charge in [0.25, 0.3) is 0 Å². The molecular formula is C26H29Cl2N3O. The van der Waals surface area contributed by atoms with Gasteiger partial charge in [-0.1, -0.05) is 61.3 Å². The number of halogens is 2. The molecule has 1 N–H and O–H groups in total. The molecule has 0 unspecified atom stereocenters. The number of nitrogens with one attached hydrogen (secondary N) is 1. The second-order valence-corrected chi connectivity index (χ2v) is 8.84. The highest BCUT2D eigenvalue weighted by molar-refractivity contribution is 6.36. The Balaban J connectivity index is 1.77. The molecule has 4 rings (SSSR count). The summed E-state index contributed by atoms with van der Waals surface area (Å²) < 4.78 is 6.13. The molecule has 6 heteroatoms. The van der Waals surface area contributed by atoms with Crippen molar-refractivity contribution in [2.45, 2.75) is 58.6 Å². The fraction of sp³-hybridized carbons (Fsp3) is 0.385. The van der Waals surface area contributed by atoms with Gasteiger partial charge in [-0.3, -0.25) is 0 Å². The smallest absolute Gasteiger partial charge is 0.148 e. The molecule has 0 saturated carbocycles. The van der Waals surface area contributed by atoms with Gasteiger partial charge in [0.2, 0.25) is 0 Å². The Morgan fingerprint density at radius 1 is 1.00 bits per heavy atom. The second-order valence-electron chi connectivity index (χ2n) is 8.00. The SMILES string of the molecule is CCO[C@@H]1CCc2ccccc2[C@@H]1Nc1nc(CC)c(-c2ccc(Cl)cc2Cl)nc1CC. The van der Waals surface area contributed by atoms with Crippen molar-refractivity contribution < 1.29 is 4.74 Å². The monoisotopic (exact) mass is 469 g/mol. The Morgan fingerprint density at radius 2 is 1.78 bits per heavy atom. The first-order chi connectivity index (χ1) is 15.5. The van der Waals surface area contributed by atoms with Crippen LogP contribution in [0.15, 0.2) is 42.5 Å². The van der Waals surface area contributed by atoms with Gasteiger partial charge in [-0.2, -0.15) is 0 Å². The second kappa shape index (κ2) is 10.2. The van der Waals surface area contributed by atoms with E-state index in [2.05, 4.69) is 50.4 Å². The number of aryl methyl sites for hydroxylation is 3. The van der Waals surface area contributed by atoms with Crippen LogP contribution in [-0.4, -0.2) is 22.7 Å². The Bertz CT molecular complexity index is 1100. The lowest BCUT2D eigenvalue weighted by atomic mass is 9.85. The van der Waals surface area contributed by atoms with Crippen molar-refractivity contribution in [2.24, 2.45) is 0 Å². The molecule has 0 spiro atoms. The third-order valence-electron chi connectivity index (χ3n) is 6.03. The molecule has 168 valence electrons. The van der Waals surface area contributed by atoms with Gasteiger partial charge in [0.05, 0.1) is 34.3 Å². The maximum atomic E-state index is 6.51.